The Bertz CT molecular complexity index is 3700. The van der Waals surface area contributed by atoms with Crippen molar-refractivity contribution in [3.8, 4) is 28.9 Å². The standard InChI is InChI=1S/C57H44N4OS/c1-56(2,3)35-16-22-48-43(28-35)44-29-36(57(4,5)6)17-23-49(44)60(48)39-19-25-51-53(32-39)62-52-31-38(59-46-13-9-7-11-40(46)42-27-34(33-58)15-21-47(42)59)18-24-50(52)61(51)37-20-26-55-45(30-37)41-12-8-10-14-54(41)63-55/h7-32H,1-6H3. The zero-order chi connectivity index (χ0) is 42.9. The number of rotatable bonds is 3. The molecule has 0 aliphatic carbocycles. The van der Waals surface area contributed by atoms with E-state index >= 15 is 0 Å². The van der Waals surface area contributed by atoms with Gasteiger partial charge in [-0.3, -0.25) is 0 Å². The Kier molecular flexibility index (Phi) is 7.92. The molecule has 0 fully saturated rings. The van der Waals surface area contributed by atoms with E-state index in [4.69, 9.17) is 4.74 Å². The Morgan fingerprint density at radius 1 is 0.444 bits per heavy atom. The van der Waals surface area contributed by atoms with Crippen LogP contribution in [0.3, 0.4) is 0 Å². The molecule has 0 N–H and O–H groups in total. The highest BCUT2D eigenvalue weighted by Gasteiger charge is 2.29. The Labute approximate surface area is 370 Å². The fourth-order valence-corrected chi connectivity index (χ4v) is 10.8. The van der Waals surface area contributed by atoms with Crippen molar-refractivity contribution in [3.05, 3.63) is 174 Å². The molecular formula is C57H44N4OS. The molecule has 3 aromatic heterocycles. The van der Waals surface area contributed by atoms with Gasteiger partial charge in [-0.05, 0) is 119 Å². The summed E-state index contributed by atoms with van der Waals surface area (Å²) in [4.78, 5) is 2.36. The highest BCUT2D eigenvalue weighted by molar-refractivity contribution is 7.25. The predicted octanol–water partition coefficient (Wildman–Crippen LogP) is 16.3. The highest BCUT2D eigenvalue weighted by atomic mass is 32.1. The van der Waals surface area contributed by atoms with Crippen LogP contribution in [0.25, 0.3) is 75.2 Å². The Hall–Kier alpha value is -7.33. The molecule has 4 heterocycles. The second-order valence-electron chi connectivity index (χ2n) is 19.0. The molecular weight excluding hydrogens is 789 g/mol. The summed E-state index contributed by atoms with van der Waals surface area (Å²) in [6.07, 6.45) is 0. The molecule has 0 saturated heterocycles. The third kappa shape index (κ3) is 5.73. The first-order valence-electron chi connectivity index (χ1n) is 21.6. The van der Waals surface area contributed by atoms with E-state index in [9.17, 15) is 5.26 Å². The van der Waals surface area contributed by atoms with Crippen LogP contribution < -0.4 is 9.64 Å². The minimum atomic E-state index is 0.0107. The van der Waals surface area contributed by atoms with Gasteiger partial charge in [0.05, 0.1) is 56.4 Å². The molecule has 8 aromatic carbocycles. The lowest BCUT2D eigenvalue weighted by Crippen LogP contribution is -2.16. The van der Waals surface area contributed by atoms with Gasteiger partial charge >= 0.3 is 0 Å². The minimum Gasteiger partial charge on any atom is -0.453 e. The molecule has 1 aliphatic heterocycles. The summed E-state index contributed by atoms with van der Waals surface area (Å²) in [5.41, 5.74) is 12.8. The van der Waals surface area contributed by atoms with Crippen molar-refractivity contribution in [3.63, 3.8) is 0 Å². The molecule has 0 spiro atoms. The molecule has 0 amide bonds. The number of hydrogen-bond donors (Lipinski definition) is 0. The second kappa shape index (κ2) is 13.3. The van der Waals surface area contributed by atoms with Crippen LogP contribution in [0.5, 0.6) is 11.5 Å². The molecule has 12 rings (SSSR count). The van der Waals surface area contributed by atoms with Gasteiger partial charge in [-0.1, -0.05) is 90.1 Å². The van der Waals surface area contributed by atoms with E-state index in [1.54, 1.807) is 0 Å². The van der Waals surface area contributed by atoms with E-state index in [0.717, 1.165) is 61.7 Å². The number of ether oxygens (including phenoxy) is 1. The Morgan fingerprint density at radius 2 is 0.952 bits per heavy atom. The summed E-state index contributed by atoms with van der Waals surface area (Å²) in [6, 6.07) is 59.4. The van der Waals surface area contributed by atoms with Gasteiger partial charge in [0.2, 0.25) is 0 Å². The van der Waals surface area contributed by atoms with Crippen molar-refractivity contribution in [2.75, 3.05) is 4.90 Å². The van der Waals surface area contributed by atoms with Crippen molar-refractivity contribution in [1.82, 2.24) is 9.13 Å². The van der Waals surface area contributed by atoms with Gasteiger partial charge in [0.1, 0.15) is 0 Å². The van der Waals surface area contributed by atoms with Gasteiger partial charge in [-0.15, -0.1) is 11.3 Å². The van der Waals surface area contributed by atoms with E-state index in [2.05, 4.69) is 207 Å². The van der Waals surface area contributed by atoms with E-state index in [0.29, 0.717) is 5.56 Å². The maximum Gasteiger partial charge on any atom is 0.153 e. The van der Waals surface area contributed by atoms with Crippen molar-refractivity contribution in [1.29, 1.82) is 5.26 Å². The monoisotopic (exact) mass is 832 g/mol. The molecule has 0 radical (unpaired) electrons. The summed E-state index contributed by atoms with van der Waals surface area (Å²) >= 11 is 1.83. The number of benzene rings is 8. The average Bonchev–Trinajstić information content (AvgIpc) is 3.94. The Morgan fingerprint density at radius 3 is 1.56 bits per heavy atom. The summed E-state index contributed by atoms with van der Waals surface area (Å²) in [5.74, 6) is 1.54. The predicted molar refractivity (Wildman–Crippen MR) is 265 cm³/mol. The number of thiophene rings is 1. The van der Waals surface area contributed by atoms with Gasteiger partial charge < -0.3 is 18.8 Å². The van der Waals surface area contributed by atoms with Gasteiger partial charge in [0.15, 0.2) is 11.5 Å². The normalized spacial score (nSPS) is 13.0. The maximum absolute atomic E-state index is 9.81. The number of para-hydroxylation sites is 1. The number of aromatic nitrogens is 2. The topological polar surface area (TPSA) is 46.1 Å². The first kappa shape index (κ1) is 37.4. The number of hydrogen-bond acceptors (Lipinski definition) is 4. The lowest BCUT2D eigenvalue weighted by molar-refractivity contribution is 0.476. The number of fused-ring (bicyclic) bond motifs is 11. The molecule has 0 bridgehead atoms. The van der Waals surface area contributed by atoms with Crippen LogP contribution in [0.4, 0.5) is 17.1 Å². The Balaban J connectivity index is 1.08. The molecule has 304 valence electrons. The van der Waals surface area contributed by atoms with Crippen LogP contribution in [0.1, 0.15) is 58.2 Å². The number of anilines is 3. The fourth-order valence-electron chi connectivity index (χ4n) is 9.75. The fraction of sp³-hybridized carbons (Fsp3) is 0.140. The van der Waals surface area contributed by atoms with E-state index in [1.807, 2.05) is 23.5 Å². The molecule has 63 heavy (non-hydrogen) atoms. The zero-order valence-electron chi connectivity index (χ0n) is 36.1. The van der Waals surface area contributed by atoms with Crippen molar-refractivity contribution in [2.45, 2.75) is 52.4 Å². The van der Waals surface area contributed by atoms with Crippen LogP contribution in [-0.2, 0) is 10.8 Å². The second-order valence-corrected chi connectivity index (χ2v) is 20.1. The first-order valence-corrected chi connectivity index (χ1v) is 22.5. The highest BCUT2D eigenvalue weighted by Crippen LogP contribution is 2.53. The molecule has 1 aliphatic rings. The maximum atomic E-state index is 9.81. The summed E-state index contributed by atoms with van der Waals surface area (Å²) in [5, 5.41) is 17.0. The van der Waals surface area contributed by atoms with E-state index in [1.165, 1.54) is 53.1 Å². The van der Waals surface area contributed by atoms with Crippen LogP contribution >= 0.6 is 11.3 Å². The third-order valence-corrected chi connectivity index (χ3v) is 14.2. The third-order valence-electron chi connectivity index (χ3n) is 13.0. The summed E-state index contributed by atoms with van der Waals surface area (Å²) in [7, 11) is 0. The largest absolute Gasteiger partial charge is 0.453 e. The van der Waals surface area contributed by atoms with Gasteiger partial charge in [0, 0.05) is 59.5 Å². The summed E-state index contributed by atoms with van der Waals surface area (Å²) in [6.45, 7) is 13.7. The lowest BCUT2D eigenvalue weighted by Gasteiger charge is -2.33. The van der Waals surface area contributed by atoms with Crippen LogP contribution in [0.15, 0.2) is 158 Å². The van der Waals surface area contributed by atoms with E-state index < -0.39 is 0 Å². The molecule has 0 unspecified atom stereocenters. The minimum absolute atomic E-state index is 0.0107. The molecule has 6 heteroatoms. The number of nitriles is 1. The van der Waals surface area contributed by atoms with Crippen molar-refractivity contribution >= 4 is 92.2 Å². The summed E-state index contributed by atoms with van der Waals surface area (Å²) < 4.78 is 14.4. The van der Waals surface area contributed by atoms with Crippen molar-refractivity contribution < 1.29 is 4.74 Å². The lowest BCUT2D eigenvalue weighted by atomic mass is 9.85. The van der Waals surface area contributed by atoms with Crippen LogP contribution in [0.2, 0.25) is 0 Å². The van der Waals surface area contributed by atoms with Crippen LogP contribution in [-0.4, -0.2) is 9.13 Å². The molecule has 0 atom stereocenters. The molecule has 5 nitrogen and oxygen atoms in total. The SMILES string of the molecule is CC(C)(C)c1ccc2c(c1)c1cc(C(C)(C)C)ccc1n2-c1ccc2c(c1)Oc1cc(-n3c4ccccc4c4cc(C#N)ccc43)ccc1N2c1ccc2sc3ccccc3c2c1. The van der Waals surface area contributed by atoms with Gasteiger partial charge in [-0.2, -0.15) is 5.26 Å². The smallest absolute Gasteiger partial charge is 0.153 e. The van der Waals surface area contributed by atoms with Gasteiger partial charge in [0.25, 0.3) is 0 Å². The molecule has 11 aromatic rings. The average molecular weight is 833 g/mol. The quantitative estimate of drug-likeness (QED) is 0.178. The molecule has 0 saturated carbocycles. The first-order chi connectivity index (χ1) is 30.4. The zero-order valence-corrected chi connectivity index (χ0v) is 36.9. The van der Waals surface area contributed by atoms with Gasteiger partial charge in [-0.25, -0.2) is 0 Å². The van der Waals surface area contributed by atoms with E-state index in [-0.39, 0.29) is 10.8 Å². The van der Waals surface area contributed by atoms with Crippen LogP contribution in [0, 0.1) is 11.3 Å². The van der Waals surface area contributed by atoms with Crippen molar-refractivity contribution in [2.24, 2.45) is 0 Å². The number of nitrogens with zero attached hydrogens (tertiary/aromatic N) is 4.